The number of imidazole rings is 1. The highest BCUT2D eigenvalue weighted by Crippen LogP contribution is 2.36. The van der Waals surface area contributed by atoms with Crippen LogP contribution in [0.15, 0.2) is 36.8 Å². The van der Waals surface area contributed by atoms with Crippen molar-refractivity contribution in [2.45, 2.75) is 52.7 Å². The fourth-order valence-corrected chi connectivity index (χ4v) is 5.36. The summed E-state index contributed by atoms with van der Waals surface area (Å²) in [6.07, 6.45) is 5.04. The Labute approximate surface area is 214 Å². The average Bonchev–Trinajstić information content (AvgIpc) is 3.32. The maximum absolute atomic E-state index is 15.0. The Bertz CT molecular complexity index is 1550. The van der Waals surface area contributed by atoms with Crippen molar-refractivity contribution in [3.05, 3.63) is 70.8 Å². The number of carbonyl (C=O) groups is 1. The summed E-state index contributed by atoms with van der Waals surface area (Å²) in [5.74, 6) is 0.906. The zero-order chi connectivity index (χ0) is 25.8. The minimum Gasteiger partial charge on any atom is -0.493 e. The van der Waals surface area contributed by atoms with Crippen molar-refractivity contribution in [1.29, 1.82) is 0 Å². The highest BCUT2D eigenvalue weighted by molar-refractivity contribution is 6.04. The van der Waals surface area contributed by atoms with Crippen LogP contribution < -0.4 is 9.64 Å². The van der Waals surface area contributed by atoms with E-state index < -0.39 is 0 Å². The third-order valence-corrected chi connectivity index (χ3v) is 7.25. The smallest absolute Gasteiger partial charge is 0.275 e. The molecule has 0 spiro atoms. The minimum absolute atomic E-state index is 0.0283. The summed E-state index contributed by atoms with van der Waals surface area (Å²) in [5.41, 5.74) is 6.02. The number of aromatic nitrogens is 4. The molecular formula is C28H29FN6O2. The number of carbonyl (C=O) groups excluding carboxylic acids is 1. The lowest BCUT2D eigenvalue weighted by molar-refractivity contribution is 0.0684. The third-order valence-electron chi connectivity index (χ3n) is 7.25. The SMILES string of the molecule is Cc1ccc2c(n1)CN(C(C)C)C(=O)c1ncn3c(N(C)Cc4c(F)ccc5c4CCCO5)ncc-2c13. The summed E-state index contributed by atoms with van der Waals surface area (Å²) in [6, 6.07) is 7.15. The molecule has 190 valence electrons. The van der Waals surface area contributed by atoms with E-state index in [1.165, 1.54) is 6.07 Å². The molecule has 0 saturated heterocycles. The van der Waals surface area contributed by atoms with Crippen LogP contribution in [0.1, 0.15) is 53.3 Å². The second-order valence-electron chi connectivity index (χ2n) is 10.1. The van der Waals surface area contributed by atoms with Crippen molar-refractivity contribution in [3.63, 3.8) is 0 Å². The summed E-state index contributed by atoms with van der Waals surface area (Å²) in [7, 11) is 1.87. The van der Waals surface area contributed by atoms with E-state index in [0.717, 1.165) is 46.7 Å². The molecule has 3 aromatic heterocycles. The van der Waals surface area contributed by atoms with Crippen LogP contribution in [0.4, 0.5) is 10.3 Å². The van der Waals surface area contributed by atoms with Crippen LogP contribution in [0, 0.1) is 12.7 Å². The zero-order valence-corrected chi connectivity index (χ0v) is 21.5. The Morgan fingerprint density at radius 1 is 1.16 bits per heavy atom. The molecule has 1 aromatic carbocycles. The van der Waals surface area contributed by atoms with Gasteiger partial charge in [0.25, 0.3) is 5.91 Å². The number of aryl methyl sites for hydroxylation is 1. The maximum Gasteiger partial charge on any atom is 0.275 e. The second kappa shape index (κ2) is 8.83. The van der Waals surface area contributed by atoms with Crippen LogP contribution in [0.2, 0.25) is 0 Å². The first-order valence-corrected chi connectivity index (χ1v) is 12.6. The largest absolute Gasteiger partial charge is 0.493 e. The van der Waals surface area contributed by atoms with Gasteiger partial charge in [0.1, 0.15) is 17.9 Å². The van der Waals surface area contributed by atoms with E-state index in [1.54, 1.807) is 23.5 Å². The lowest BCUT2D eigenvalue weighted by Crippen LogP contribution is -2.38. The zero-order valence-electron chi connectivity index (χ0n) is 21.5. The van der Waals surface area contributed by atoms with Crippen LogP contribution in [-0.4, -0.2) is 49.9 Å². The van der Waals surface area contributed by atoms with E-state index in [9.17, 15) is 9.18 Å². The molecule has 5 heterocycles. The van der Waals surface area contributed by atoms with Gasteiger partial charge in [0.2, 0.25) is 5.95 Å². The topological polar surface area (TPSA) is 75.9 Å². The molecule has 1 amide bonds. The van der Waals surface area contributed by atoms with Crippen LogP contribution in [0.3, 0.4) is 0 Å². The molecule has 2 aliphatic rings. The van der Waals surface area contributed by atoms with Gasteiger partial charge < -0.3 is 14.5 Å². The number of hydrogen-bond donors (Lipinski definition) is 0. The van der Waals surface area contributed by atoms with Crippen molar-refractivity contribution in [1.82, 2.24) is 24.3 Å². The highest BCUT2D eigenvalue weighted by Gasteiger charge is 2.31. The Kier molecular flexibility index (Phi) is 5.58. The molecule has 2 aliphatic heterocycles. The molecule has 37 heavy (non-hydrogen) atoms. The monoisotopic (exact) mass is 500 g/mol. The minimum atomic E-state index is -0.261. The van der Waals surface area contributed by atoms with Gasteiger partial charge in [-0.05, 0) is 51.8 Å². The van der Waals surface area contributed by atoms with Gasteiger partial charge in [-0.1, -0.05) is 6.07 Å². The maximum atomic E-state index is 15.0. The van der Waals surface area contributed by atoms with Gasteiger partial charge in [0.05, 0.1) is 24.4 Å². The lowest BCUT2D eigenvalue weighted by Gasteiger charge is -2.29. The summed E-state index contributed by atoms with van der Waals surface area (Å²) in [5, 5.41) is 0. The molecule has 9 heteroatoms. The van der Waals surface area contributed by atoms with Crippen LogP contribution in [0.25, 0.3) is 16.6 Å². The first-order valence-electron chi connectivity index (χ1n) is 12.6. The van der Waals surface area contributed by atoms with Gasteiger partial charge in [-0.15, -0.1) is 0 Å². The number of anilines is 1. The molecule has 8 nitrogen and oxygen atoms in total. The standard InChI is InChI=1S/C28H29FN6O2/c1-16(2)34-14-23-18(8-7-17(3)32-23)20-12-30-28(35-15-31-25(26(20)35)27(34)36)33(4)13-21-19-6-5-11-37-24(19)10-9-22(21)29/h7-10,12,15-16H,5-6,11,13-14H2,1-4H3. The fraction of sp³-hybridized carbons (Fsp3) is 0.357. The predicted molar refractivity (Wildman–Crippen MR) is 138 cm³/mol. The molecule has 0 radical (unpaired) electrons. The molecule has 0 bridgehead atoms. The van der Waals surface area contributed by atoms with E-state index >= 15 is 0 Å². The van der Waals surface area contributed by atoms with Gasteiger partial charge in [0, 0.05) is 53.8 Å². The van der Waals surface area contributed by atoms with Crippen molar-refractivity contribution in [2.24, 2.45) is 0 Å². The van der Waals surface area contributed by atoms with Crippen LogP contribution in [-0.2, 0) is 19.5 Å². The van der Waals surface area contributed by atoms with Crippen molar-refractivity contribution < 1.29 is 13.9 Å². The van der Waals surface area contributed by atoms with E-state index in [0.29, 0.717) is 42.4 Å². The summed E-state index contributed by atoms with van der Waals surface area (Å²) >= 11 is 0. The second-order valence-corrected chi connectivity index (χ2v) is 10.1. The number of nitrogens with zero attached hydrogens (tertiary/aromatic N) is 6. The van der Waals surface area contributed by atoms with Gasteiger partial charge in [-0.2, -0.15) is 0 Å². The number of rotatable bonds is 4. The molecule has 6 rings (SSSR count). The summed E-state index contributed by atoms with van der Waals surface area (Å²) in [4.78, 5) is 31.5. The Balaban J connectivity index is 1.50. The Morgan fingerprint density at radius 2 is 2.00 bits per heavy atom. The number of ether oxygens (including phenoxy) is 1. The van der Waals surface area contributed by atoms with E-state index in [1.807, 2.05) is 49.3 Å². The summed E-state index contributed by atoms with van der Waals surface area (Å²) < 4.78 is 22.6. The number of hydrogen-bond acceptors (Lipinski definition) is 6. The summed E-state index contributed by atoms with van der Waals surface area (Å²) in [6.45, 7) is 7.28. The molecule has 0 fully saturated rings. The van der Waals surface area contributed by atoms with Crippen LogP contribution in [0.5, 0.6) is 5.75 Å². The van der Waals surface area contributed by atoms with Gasteiger partial charge >= 0.3 is 0 Å². The lowest BCUT2D eigenvalue weighted by atomic mass is 9.99. The van der Waals surface area contributed by atoms with Gasteiger partial charge in [-0.3, -0.25) is 14.2 Å². The van der Waals surface area contributed by atoms with E-state index in [-0.39, 0.29) is 17.8 Å². The van der Waals surface area contributed by atoms with Crippen molar-refractivity contribution in [3.8, 4) is 16.9 Å². The molecule has 0 saturated carbocycles. The molecule has 0 atom stereocenters. The Morgan fingerprint density at radius 3 is 2.81 bits per heavy atom. The normalized spacial score (nSPS) is 14.8. The van der Waals surface area contributed by atoms with E-state index in [4.69, 9.17) is 14.7 Å². The first kappa shape index (κ1) is 23.4. The molecule has 0 unspecified atom stereocenters. The van der Waals surface area contributed by atoms with Gasteiger partial charge in [0.15, 0.2) is 5.69 Å². The predicted octanol–water partition coefficient (Wildman–Crippen LogP) is 4.56. The fourth-order valence-electron chi connectivity index (χ4n) is 5.36. The molecule has 4 aromatic rings. The number of fused-ring (bicyclic) bond motifs is 3. The molecule has 0 aliphatic carbocycles. The first-order chi connectivity index (χ1) is 17.8. The highest BCUT2D eigenvalue weighted by atomic mass is 19.1. The van der Waals surface area contributed by atoms with Crippen LogP contribution >= 0.6 is 0 Å². The number of amides is 1. The van der Waals surface area contributed by atoms with Crippen molar-refractivity contribution in [2.75, 3.05) is 18.6 Å². The third kappa shape index (κ3) is 3.80. The number of benzene rings is 1. The molecule has 0 N–H and O–H groups in total. The average molecular weight is 501 g/mol. The van der Waals surface area contributed by atoms with E-state index in [2.05, 4.69) is 4.98 Å². The van der Waals surface area contributed by atoms with Gasteiger partial charge in [-0.25, -0.2) is 14.4 Å². The quantitative estimate of drug-likeness (QED) is 0.409. The molecular weight excluding hydrogens is 471 g/mol. The van der Waals surface area contributed by atoms with Crippen molar-refractivity contribution >= 4 is 17.4 Å². The Hall–Kier alpha value is -4.01. The number of halogens is 1. The number of pyridine rings is 1.